The number of thiol groups is 1. The zero-order chi connectivity index (χ0) is 10.1. The smallest absolute Gasteiger partial charge is 0.322 e. The summed E-state index contributed by atoms with van der Waals surface area (Å²) in [4.78, 5) is 22.4. The fraction of sp³-hybridized carbons (Fsp3) is 0.750. The van der Waals surface area contributed by atoms with Crippen molar-refractivity contribution in [1.29, 1.82) is 0 Å². The van der Waals surface area contributed by atoms with E-state index in [1.807, 2.05) is 13.8 Å². The van der Waals surface area contributed by atoms with Crippen LogP contribution >= 0.6 is 12.6 Å². The second-order valence-electron chi connectivity index (χ2n) is 3.75. The number of amides is 3. The summed E-state index contributed by atoms with van der Waals surface area (Å²) in [6.45, 7) is 4.01. The summed E-state index contributed by atoms with van der Waals surface area (Å²) in [5.41, 5.74) is -0.797. The molecule has 3 amide bonds. The average Bonchev–Trinajstić information content (AvgIpc) is 2.26. The van der Waals surface area contributed by atoms with Gasteiger partial charge >= 0.3 is 6.03 Å². The first kappa shape index (κ1) is 10.4. The third kappa shape index (κ3) is 1.96. The summed E-state index contributed by atoms with van der Waals surface area (Å²) >= 11 is 4.10. The lowest BCUT2D eigenvalue weighted by molar-refractivity contribution is -0.123. The molecule has 4 nitrogen and oxygen atoms in total. The summed E-state index contributed by atoms with van der Waals surface area (Å²) in [5.74, 6) is 0.417. The molecule has 0 aliphatic carbocycles. The lowest BCUT2D eigenvalue weighted by Crippen LogP contribution is -2.49. The van der Waals surface area contributed by atoms with Crippen LogP contribution in [0, 0.1) is 5.92 Å². The van der Waals surface area contributed by atoms with E-state index >= 15 is 0 Å². The molecule has 0 saturated carbocycles. The van der Waals surface area contributed by atoms with E-state index in [4.69, 9.17) is 0 Å². The Labute approximate surface area is 82.9 Å². The number of rotatable bonds is 3. The second kappa shape index (κ2) is 3.57. The van der Waals surface area contributed by atoms with Crippen molar-refractivity contribution in [3.8, 4) is 0 Å². The van der Waals surface area contributed by atoms with Crippen LogP contribution in [0.25, 0.3) is 0 Å². The van der Waals surface area contributed by atoms with Crippen LogP contribution in [-0.2, 0) is 4.79 Å². The summed E-state index contributed by atoms with van der Waals surface area (Å²) in [6, 6.07) is -0.417. The van der Waals surface area contributed by atoms with Gasteiger partial charge in [0.1, 0.15) is 5.54 Å². The van der Waals surface area contributed by atoms with Gasteiger partial charge < -0.3 is 5.32 Å². The Hall–Kier alpha value is -0.710. The normalized spacial score (nSPS) is 27.7. The Morgan fingerprint density at radius 2 is 2.08 bits per heavy atom. The summed E-state index contributed by atoms with van der Waals surface area (Å²) in [5, 5.41) is 4.85. The zero-order valence-corrected chi connectivity index (χ0v) is 8.65. The van der Waals surface area contributed by atoms with Crippen LogP contribution in [0.2, 0.25) is 0 Å². The molecule has 0 spiro atoms. The number of nitrogens with one attached hydrogen (secondary N) is 2. The molecule has 1 atom stereocenters. The van der Waals surface area contributed by atoms with Crippen LogP contribution in [0.5, 0.6) is 0 Å². The van der Waals surface area contributed by atoms with Gasteiger partial charge in [0.05, 0.1) is 0 Å². The van der Waals surface area contributed by atoms with E-state index in [-0.39, 0.29) is 5.91 Å². The van der Waals surface area contributed by atoms with E-state index in [9.17, 15) is 9.59 Å². The third-order valence-corrected chi connectivity index (χ3v) is 2.58. The lowest BCUT2D eigenvalue weighted by Gasteiger charge is -2.25. The van der Waals surface area contributed by atoms with Gasteiger partial charge in [-0.15, -0.1) is 0 Å². The van der Waals surface area contributed by atoms with Gasteiger partial charge in [-0.2, -0.15) is 12.6 Å². The van der Waals surface area contributed by atoms with E-state index < -0.39 is 11.6 Å². The van der Waals surface area contributed by atoms with Crippen molar-refractivity contribution in [3.05, 3.63) is 0 Å². The molecule has 0 radical (unpaired) electrons. The molecule has 0 aromatic carbocycles. The van der Waals surface area contributed by atoms with Crippen LogP contribution in [0.15, 0.2) is 0 Å². The first-order chi connectivity index (χ1) is 6.00. The maximum atomic E-state index is 11.4. The molecule has 1 aliphatic rings. The molecule has 1 rings (SSSR count). The molecule has 1 fully saturated rings. The van der Waals surface area contributed by atoms with Gasteiger partial charge in [0.15, 0.2) is 0 Å². The highest BCUT2D eigenvalue weighted by Gasteiger charge is 2.45. The van der Waals surface area contributed by atoms with E-state index in [2.05, 4.69) is 23.3 Å². The van der Waals surface area contributed by atoms with Crippen molar-refractivity contribution < 1.29 is 9.59 Å². The van der Waals surface area contributed by atoms with E-state index in [1.54, 1.807) is 0 Å². The number of hydrogen-bond donors (Lipinski definition) is 3. The molecule has 5 heteroatoms. The van der Waals surface area contributed by atoms with E-state index in [0.29, 0.717) is 18.1 Å². The standard InChI is InChI=1S/C8H14N2O2S/c1-5(2)3-8(4-13)6(11)9-7(12)10-8/h5,13H,3-4H2,1-2H3,(H2,9,10,11,12). The maximum Gasteiger partial charge on any atom is 0.322 e. The Kier molecular flexibility index (Phi) is 2.85. The molecule has 2 N–H and O–H groups in total. The van der Waals surface area contributed by atoms with Gasteiger partial charge in [-0.25, -0.2) is 4.79 Å². The van der Waals surface area contributed by atoms with Gasteiger partial charge in [0, 0.05) is 5.75 Å². The van der Waals surface area contributed by atoms with Crippen molar-refractivity contribution in [1.82, 2.24) is 10.6 Å². The molecule has 13 heavy (non-hydrogen) atoms. The molecule has 1 saturated heterocycles. The number of imide groups is 1. The predicted octanol–water partition coefficient (Wildman–Crippen LogP) is 0.540. The molecule has 0 aromatic heterocycles. The van der Waals surface area contributed by atoms with Gasteiger partial charge in [-0.1, -0.05) is 13.8 Å². The monoisotopic (exact) mass is 202 g/mol. The van der Waals surface area contributed by atoms with Gasteiger partial charge in [0.2, 0.25) is 0 Å². The minimum absolute atomic E-state index is 0.263. The Morgan fingerprint density at radius 3 is 2.38 bits per heavy atom. The van der Waals surface area contributed by atoms with Crippen LogP contribution < -0.4 is 10.6 Å². The Balaban J connectivity index is 2.80. The molecule has 1 heterocycles. The van der Waals surface area contributed by atoms with Crippen LogP contribution in [-0.4, -0.2) is 23.2 Å². The quantitative estimate of drug-likeness (QED) is 0.462. The number of carbonyl (C=O) groups excluding carboxylic acids is 2. The number of hydrogen-bond acceptors (Lipinski definition) is 3. The summed E-state index contributed by atoms with van der Waals surface area (Å²) < 4.78 is 0. The fourth-order valence-corrected chi connectivity index (χ4v) is 1.90. The lowest BCUT2D eigenvalue weighted by atomic mass is 9.91. The number of carbonyl (C=O) groups is 2. The number of urea groups is 1. The fourth-order valence-electron chi connectivity index (χ4n) is 1.54. The van der Waals surface area contributed by atoms with Crippen molar-refractivity contribution >= 4 is 24.6 Å². The highest BCUT2D eigenvalue weighted by Crippen LogP contribution is 2.21. The highest BCUT2D eigenvalue weighted by molar-refractivity contribution is 7.80. The van der Waals surface area contributed by atoms with Crippen molar-refractivity contribution in [2.75, 3.05) is 5.75 Å². The molecular weight excluding hydrogens is 188 g/mol. The molecule has 1 aliphatic heterocycles. The van der Waals surface area contributed by atoms with E-state index in [0.717, 1.165) is 0 Å². The summed E-state index contributed by atoms with van der Waals surface area (Å²) in [7, 11) is 0. The molecule has 0 bridgehead atoms. The molecule has 74 valence electrons. The Morgan fingerprint density at radius 1 is 1.46 bits per heavy atom. The highest BCUT2D eigenvalue weighted by atomic mass is 32.1. The minimum Gasteiger partial charge on any atom is -0.322 e. The second-order valence-corrected chi connectivity index (χ2v) is 4.06. The minimum atomic E-state index is -0.797. The Bertz CT molecular complexity index is 242. The molecule has 1 unspecified atom stereocenters. The topological polar surface area (TPSA) is 58.2 Å². The third-order valence-electron chi connectivity index (χ3n) is 2.04. The van der Waals surface area contributed by atoms with E-state index in [1.165, 1.54) is 0 Å². The summed E-state index contributed by atoms with van der Waals surface area (Å²) in [6.07, 6.45) is 0.619. The maximum absolute atomic E-state index is 11.4. The van der Waals surface area contributed by atoms with Gasteiger partial charge in [0.25, 0.3) is 5.91 Å². The van der Waals surface area contributed by atoms with Crippen LogP contribution in [0.4, 0.5) is 4.79 Å². The van der Waals surface area contributed by atoms with Crippen molar-refractivity contribution in [2.45, 2.75) is 25.8 Å². The van der Waals surface area contributed by atoms with Crippen molar-refractivity contribution in [3.63, 3.8) is 0 Å². The first-order valence-corrected chi connectivity index (χ1v) is 4.88. The predicted molar refractivity (Wildman–Crippen MR) is 52.7 cm³/mol. The molecule has 0 aromatic rings. The largest absolute Gasteiger partial charge is 0.322 e. The van der Waals surface area contributed by atoms with Crippen molar-refractivity contribution in [2.24, 2.45) is 5.92 Å². The van der Waals surface area contributed by atoms with Gasteiger partial charge in [-0.3, -0.25) is 10.1 Å². The average molecular weight is 202 g/mol. The molecular formula is C8H14N2O2S. The first-order valence-electron chi connectivity index (χ1n) is 4.24. The van der Waals surface area contributed by atoms with Crippen LogP contribution in [0.3, 0.4) is 0 Å². The zero-order valence-electron chi connectivity index (χ0n) is 7.76. The van der Waals surface area contributed by atoms with Gasteiger partial charge in [-0.05, 0) is 12.3 Å². The SMILES string of the molecule is CC(C)CC1(CS)NC(=O)NC1=O. The van der Waals surface area contributed by atoms with Crippen LogP contribution in [0.1, 0.15) is 20.3 Å².